The van der Waals surface area contributed by atoms with Gasteiger partial charge in [-0.05, 0) is 6.42 Å². The number of hydrogen-bond donors (Lipinski definition) is 2. The molecular formula is C5H12N2OS. The molecule has 1 fully saturated rings. The van der Waals surface area contributed by atoms with Crippen molar-refractivity contribution in [2.75, 3.05) is 11.5 Å². The van der Waals surface area contributed by atoms with Gasteiger partial charge in [0.05, 0.1) is 0 Å². The van der Waals surface area contributed by atoms with Crippen LogP contribution >= 0.6 is 0 Å². The first kappa shape index (κ1) is 7.18. The van der Waals surface area contributed by atoms with E-state index in [0.29, 0.717) is 5.75 Å². The summed E-state index contributed by atoms with van der Waals surface area (Å²) < 4.78 is 10.8. The molecule has 4 heteroatoms. The monoisotopic (exact) mass is 148 g/mol. The molecule has 54 valence electrons. The van der Waals surface area contributed by atoms with Gasteiger partial charge in [0, 0.05) is 34.4 Å². The summed E-state index contributed by atoms with van der Waals surface area (Å²) in [4.78, 5) is 0. The van der Waals surface area contributed by atoms with Crippen LogP contribution in [-0.2, 0) is 10.8 Å². The van der Waals surface area contributed by atoms with E-state index in [4.69, 9.17) is 11.5 Å². The van der Waals surface area contributed by atoms with Crippen LogP contribution in [0.1, 0.15) is 6.42 Å². The average molecular weight is 148 g/mol. The SMILES string of the molecule is NC1CCS(=O)CC1N. The molecule has 1 aliphatic heterocycles. The second-order valence-corrected chi connectivity index (χ2v) is 4.05. The van der Waals surface area contributed by atoms with E-state index in [9.17, 15) is 4.21 Å². The molecular weight excluding hydrogens is 136 g/mol. The molecule has 0 aromatic rings. The number of hydrogen-bond acceptors (Lipinski definition) is 3. The van der Waals surface area contributed by atoms with Crippen LogP contribution in [0.15, 0.2) is 0 Å². The summed E-state index contributed by atoms with van der Waals surface area (Å²) in [5.41, 5.74) is 11.1. The first-order chi connectivity index (χ1) is 4.20. The largest absolute Gasteiger partial charge is 0.326 e. The van der Waals surface area contributed by atoms with Gasteiger partial charge in [0.25, 0.3) is 0 Å². The molecule has 0 saturated carbocycles. The Hall–Kier alpha value is 0.0700. The van der Waals surface area contributed by atoms with Gasteiger partial charge in [-0.3, -0.25) is 4.21 Å². The fraction of sp³-hybridized carbons (Fsp3) is 1.00. The molecule has 9 heavy (non-hydrogen) atoms. The van der Waals surface area contributed by atoms with Gasteiger partial charge in [0.1, 0.15) is 0 Å². The van der Waals surface area contributed by atoms with E-state index in [2.05, 4.69) is 0 Å². The lowest BCUT2D eigenvalue weighted by Crippen LogP contribution is -2.49. The maximum atomic E-state index is 10.8. The van der Waals surface area contributed by atoms with Crippen LogP contribution < -0.4 is 11.5 Å². The Morgan fingerprint density at radius 3 is 2.44 bits per heavy atom. The van der Waals surface area contributed by atoms with Crippen LogP contribution in [0.25, 0.3) is 0 Å². The maximum Gasteiger partial charge on any atom is 0.0401 e. The summed E-state index contributed by atoms with van der Waals surface area (Å²) in [6, 6.07) is 0.0299. The Labute approximate surface area is 57.2 Å². The van der Waals surface area contributed by atoms with E-state index in [1.54, 1.807) is 0 Å². The van der Waals surface area contributed by atoms with Crippen molar-refractivity contribution in [1.82, 2.24) is 0 Å². The Kier molecular flexibility index (Phi) is 2.21. The highest BCUT2D eigenvalue weighted by molar-refractivity contribution is 7.85. The highest BCUT2D eigenvalue weighted by Gasteiger charge is 2.21. The van der Waals surface area contributed by atoms with Crippen molar-refractivity contribution in [1.29, 1.82) is 0 Å². The molecule has 0 amide bonds. The molecule has 0 radical (unpaired) electrons. The fourth-order valence-electron chi connectivity index (χ4n) is 0.903. The minimum atomic E-state index is -0.696. The molecule has 1 rings (SSSR count). The van der Waals surface area contributed by atoms with Crippen molar-refractivity contribution in [2.24, 2.45) is 11.5 Å². The van der Waals surface area contributed by atoms with Crippen molar-refractivity contribution < 1.29 is 4.21 Å². The third kappa shape index (κ3) is 1.74. The molecule has 3 nitrogen and oxygen atoms in total. The topological polar surface area (TPSA) is 69.1 Å². The third-order valence-electron chi connectivity index (χ3n) is 1.61. The molecule has 0 spiro atoms. The van der Waals surface area contributed by atoms with E-state index < -0.39 is 10.8 Å². The molecule has 3 unspecified atom stereocenters. The van der Waals surface area contributed by atoms with Gasteiger partial charge in [-0.25, -0.2) is 0 Å². The quantitative estimate of drug-likeness (QED) is 0.453. The van der Waals surface area contributed by atoms with Crippen molar-refractivity contribution in [3.63, 3.8) is 0 Å². The van der Waals surface area contributed by atoms with Crippen molar-refractivity contribution in [2.45, 2.75) is 18.5 Å². The maximum absolute atomic E-state index is 10.8. The Morgan fingerprint density at radius 2 is 2.00 bits per heavy atom. The molecule has 0 aromatic carbocycles. The minimum Gasteiger partial charge on any atom is -0.326 e. The predicted octanol–water partition coefficient (Wildman–Crippen LogP) is -1.21. The van der Waals surface area contributed by atoms with Crippen LogP contribution in [0.4, 0.5) is 0 Å². The molecule has 1 saturated heterocycles. The van der Waals surface area contributed by atoms with Crippen LogP contribution in [0.5, 0.6) is 0 Å². The van der Waals surface area contributed by atoms with E-state index in [1.165, 1.54) is 0 Å². The van der Waals surface area contributed by atoms with Crippen LogP contribution in [0.3, 0.4) is 0 Å². The zero-order valence-electron chi connectivity index (χ0n) is 5.25. The summed E-state index contributed by atoms with van der Waals surface area (Å²) in [5, 5.41) is 0. The second kappa shape index (κ2) is 2.77. The normalized spacial score (nSPS) is 44.9. The van der Waals surface area contributed by atoms with Crippen LogP contribution in [-0.4, -0.2) is 27.8 Å². The third-order valence-corrected chi connectivity index (χ3v) is 3.05. The molecule has 4 N–H and O–H groups in total. The number of nitrogens with two attached hydrogens (primary N) is 2. The second-order valence-electron chi connectivity index (χ2n) is 2.43. The van der Waals surface area contributed by atoms with E-state index in [0.717, 1.165) is 12.2 Å². The summed E-state index contributed by atoms with van der Waals surface area (Å²) in [6.07, 6.45) is 0.813. The summed E-state index contributed by atoms with van der Waals surface area (Å²) in [7, 11) is -0.696. The van der Waals surface area contributed by atoms with Gasteiger partial charge in [0.2, 0.25) is 0 Å². The lowest BCUT2D eigenvalue weighted by Gasteiger charge is -2.23. The minimum absolute atomic E-state index is 0.0421. The van der Waals surface area contributed by atoms with Gasteiger partial charge in [-0.15, -0.1) is 0 Å². The van der Waals surface area contributed by atoms with E-state index >= 15 is 0 Å². The molecule has 0 aromatic heterocycles. The zero-order chi connectivity index (χ0) is 6.85. The van der Waals surface area contributed by atoms with Crippen molar-refractivity contribution in [3.05, 3.63) is 0 Å². The Morgan fingerprint density at radius 1 is 1.33 bits per heavy atom. The van der Waals surface area contributed by atoms with Gasteiger partial charge >= 0.3 is 0 Å². The van der Waals surface area contributed by atoms with Crippen molar-refractivity contribution >= 4 is 10.8 Å². The van der Waals surface area contributed by atoms with E-state index in [-0.39, 0.29) is 12.1 Å². The van der Waals surface area contributed by atoms with Crippen LogP contribution in [0, 0.1) is 0 Å². The smallest absolute Gasteiger partial charge is 0.0401 e. The first-order valence-corrected chi connectivity index (χ1v) is 4.55. The van der Waals surface area contributed by atoms with Crippen LogP contribution in [0.2, 0.25) is 0 Å². The molecule has 1 heterocycles. The van der Waals surface area contributed by atoms with Gasteiger partial charge in [-0.2, -0.15) is 0 Å². The Bertz CT molecular complexity index is 128. The van der Waals surface area contributed by atoms with Gasteiger partial charge in [0.15, 0.2) is 0 Å². The number of rotatable bonds is 0. The van der Waals surface area contributed by atoms with Crippen molar-refractivity contribution in [3.8, 4) is 0 Å². The predicted molar refractivity (Wildman–Crippen MR) is 38.4 cm³/mol. The Balaban J connectivity index is 2.44. The lowest BCUT2D eigenvalue weighted by atomic mass is 10.1. The van der Waals surface area contributed by atoms with Gasteiger partial charge in [-0.1, -0.05) is 0 Å². The lowest BCUT2D eigenvalue weighted by molar-refractivity contribution is 0.528. The average Bonchev–Trinajstić information content (AvgIpc) is 1.80. The summed E-state index contributed by atoms with van der Waals surface area (Å²) in [5.74, 6) is 1.32. The standard InChI is InChI=1S/C5H12N2OS/c6-4-1-2-9(8)3-5(4)7/h4-5H,1-3,6-7H2. The molecule has 0 bridgehead atoms. The molecule has 0 aliphatic carbocycles. The fourth-order valence-corrected chi connectivity index (χ4v) is 2.28. The first-order valence-electron chi connectivity index (χ1n) is 3.06. The summed E-state index contributed by atoms with van der Waals surface area (Å²) >= 11 is 0. The molecule has 3 atom stereocenters. The highest BCUT2D eigenvalue weighted by atomic mass is 32.2. The zero-order valence-corrected chi connectivity index (χ0v) is 6.06. The summed E-state index contributed by atoms with van der Waals surface area (Å²) in [6.45, 7) is 0. The van der Waals surface area contributed by atoms with E-state index in [1.807, 2.05) is 0 Å². The highest BCUT2D eigenvalue weighted by Crippen LogP contribution is 2.05. The van der Waals surface area contributed by atoms with Gasteiger partial charge < -0.3 is 11.5 Å². The molecule has 1 aliphatic rings.